The standard InChI is InChI=1S/C15H21N7O/c1-8(13-21-20-9(2)23-13)17-11-10-7-16-22(6)12(10)19-14(18-11)15(3,4)5/h7-8H,1-6H3,(H,17,18,19). The SMILES string of the molecule is Cc1nnc(C(C)Nc2nc(C(C)(C)C)nc3c2cnn3C)o1. The Labute approximate surface area is 134 Å². The second-order valence-corrected chi connectivity index (χ2v) is 6.68. The van der Waals surface area contributed by atoms with Crippen LogP contribution in [-0.4, -0.2) is 29.9 Å². The van der Waals surface area contributed by atoms with E-state index in [1.165, 1.54) is 0 Å². The summed E-state index contributed by atoms with van der Waals surface area (Å²) >= 11 is 0. The Morgan fingerprint density at radius 3 is 2.57 bits per heavy atom. The average Bonchev–Trinajstić information content (AvgIpc) is 3.05. The number of nitrogens with zero attached hydrogens (tertiary/aromatic N) is 6. The van der Waals surface area contributed by atoms with Crippen molar-refractivity contribution in [3.05, 3.63) is 23.8 Å². The van der Waals surface area contributed by atoms with E-state index in [1.54, 1.807) is 17.8 Å². The van der Waals surface area contributed by atoms with E-state index in [1.807, 2.05) is 14.0 Å². The molecule has 0 amide bonds. The molecule has 8 heteroatoms. The van der Waals surface area contributed by atoms with Crippen LogP contribution in [0.15, 0.2) is 10.6 Å². The van der Waals surface area contributed by atoms with Crippen LogP contribution in [0.5, 0.6) is 0 Å². The Morgan fingerprint density at radius 1 is 1.22 bits per heavy atom. The predicted octanol–water partition coefficient (Wildman–Crippen LogP) is 2.53. The minimum atomic E-state index is -0.167. The molecular weight excluding hydrogens is 294 g/mol. The molecule has 3 aromatic heterocycles. The zero-order valence-electron chi connectivity index (χ0n) is 14.2. The smallest absolute Gasteiger partial charge is 0.238 e. The molecule has 1 atom stereocenters. The first kappa shape index (κ1) is 15.4. The van der Waals surface area contributed by atoms with Crippen LogP contribution >= 0.6 is 0 Å². The number of aryl methyl sites for hydroxylation is 2. The van der Waals surface area contributed by atoms with Crippen LogP contribution in [0.3, 0.4) is 0 Å². The molecule has 0 radical (unpaired) electrons. The molecule has 0 aliphatic heterocycles. The molecule has 3 aromatic rings. The summed E-state index contributed by atoms with van der Waals surface area (Å²) in [6, 6.07) is -0.165. The van der Waals surface area contributed by atoms with Crippen molar-refractivity contribution in [1.82, 2.24) is 29.9 Å². The first-order valence-electron chi connectivity index (χ1n) is 7.52. The van der Waals surface area contributed by atoms with Gasteiger partial charge < -0.3 is 9.73 Å². The van der Waals surface area contributed by atoms with Gasteiger partial charge in [0, 0.05) is 19.4 Å². The fraction of sp³-hybridized carbons (Fsp3) is 0.533. The minimum absolute atomic E-state index is 0.165. The molecule has 1 N–H and O–H groups in total. The zero-order valence-corrected chi connectivity index (χ0v) is 14.2. The molecule has 1 unspecified atom stereocenters. The van der Waals surface area contributed by atoms with Gasteiger partial charge in [0.05, 0.1) is 11.6 Å². The number of rotatable bonds is 3. The van der Waals surface area contributed by atoms with Crippen molar-refractivity contribution in [1.29, 1.82) is 0 Å². The average molecular weight is 315 g/mol. The van der Waals surface area contributed by atoms with E-state index in [0.29, 0.717) is 11.8 Å². The van der Waals surface area contributed by atoms with E-state index in [4.69, 9.17) is 9.40 Å². The number of fused-ring (bicyclic) bond motifs is 1. The Morgan fingerprint density at radius 2 is 1.96 bits per heavy atom. The minimum Gasteiger partial charge on any atom is -0.423 e. The maximum atomic E-state index is 5.48. The normalized spacial score (nSPS) is 13.5. The van der Waals surface area contributed by atoms with Gasteiger partial charge in [-0.05, 0) is 6.92 Å². The second kappa shape index (κ2) is 5.29. The van der Waals surface area contributed by atoms with Crippen molar-refractivity contribution >= 4 is 16.9 Å². The van der Waals surface area contributed by atoms with Gasteiger partial charge in [-0.25, -0.2) is 9.97 Å². The van der Waals surface area contributed by atoms with E-state index < -0.39 is 0 Å². The highest BCUT2D eigenvalue weighted by Gasteiger charge is 2.23. The third kappa shape index (κ3) is 2.88. The number of nitrogens with one attached hydrogen (secondary N) is 1. The van der Waals surface area contributed by atoms with Crippen LogP contribution in [0.25, 0.3) is 11.0 Å². The predicted molar refractivity (Wildman–Crippen MR) is 86.1 cm³/mol. The van der Waals surface area contributed by atoms with Crippen LogP contribution < -0.4 is 5.32 Å². The highest BCUT2D eigenvalue weighted by molar-refractivity contribution is 5.86. The van der Waals surface area contributed by atoms with E-state index >= 15 is 0 Å². The lowest BCUT2D eigenvalue weighted by molar-refractivity contribution is 0.450. The molecule has 23 heavy (non-hydrogen) atoms. The molecule has 0 spiro atoms. The van der Waals surface area contributed by atoms with Gasteiger partial charge in [0.15, 0.2) is 5.65 Å². The molecule has 0 saturated heterocycles. The summed E-state index contributed by atoms with van der Waals surface area (Å²) in [5, 5.41) is 16.4. The van der Waals surface area contributed by atoms with Gasteiger partial charge in [0.1, 0.15) is 17.7 Å². The molecule has 0 aromatic carbocycles. The van der Waals surface area contributed by atoms with Crippen LogP contribution in [0, 0.1) is 6.92 Å². The fourth-order valence-corrected chi connectivity index (χ4v) is 2.22. The third-order valence-electron chi connectivity index (χ3n) is 3.53. The molecule has 0 fully saturated rings. The van der Waals surface area contributed by atoms with Gasteiger partial charge in [-0.15, -0.1) is 10.2 Å². The Bertz CT molecular complexity index is 843. The van der Waals surface area contributed by atoms with Gasteiger partial charge in [0.2, 0.25) is 11.8 Å². The van der Waals surface area contributed by atoms with Gasteiger partial charge >= 0.3 is 0 Å². The van der Waals surface area contributed by atoms with Crippen molar-refractivity contribution in [3.63, 3.8) is 0 Å². The monoisotopic (exact) mass is 315 g/mol. The first-order chi connectivity index (χ1) is 10.8. The fourth-order valence-electron chi connectivity index (χ4n) is 2.22. The highest BCUT2D eigenvalue weighted by Crippen LogP contribution is 2.28. The molecule has 0 bridgehead atoms. The van der Waals surface area contributed by atoms with Gasteiger partial charge in [-0.1, -0.05) is 20.8 Å². The largest absolute Gasteiger partial charge is 0.423 e. The summed E-state index contributed by atoms with van der Waals surface area (Å²) in [6.45, 7) is 9.97. The van der Waals surface area contributed by atoms with Gasteiger partial charge in [-0.3, -0.25) is 4.68 Å². The van der Waals surface area contributed by atoms with Crippen LogP contribution in [-0.2, 0) is 12.5 Å². The lowest BCUT2D eigenvalue weighted by atomic mass is 9.95. The van der Waals surface area contributed by atoms with E-state index in [2.05, 4.69) is 46.4 Å². The Balaban J connectivity index is 2.05. The summed E-state index contributed by atoms with van der Waals surface area (Å²) in [5.74, 6) is 2.54. The molecule has 0 aliphatic rings. The van der Waals surface area contributed by atoms with Crippen molar-refractivity contribution in [2.45, 2.75) is 46.1 Å². The van der Waals surface area contributed by atoms with Crippen molar-refractivity contribution in [3.8, 4) is 0 Å². The zero-order chi connectivity index (χ0) is 16.8. The van der Waals surface area contributed by atoms with Crippen LogP contribution in [0.2, 0.25) is 0 Å². The summed E-state index contributed by atoms with van der Waals surface area (Å²) < 4.78 is 7.23. The molecule has 0 saturated carbocycles. The molecule has 0 aliphatic carbocycles. The quantitative estimate of drug-likeness (QED) is 0.793. The molecule has 3 rings (SSSR count). The lowest BCUT2D eigenvalue weighted by Gasteiger charge is -2.19. The van der Waals surface area contributed by atoms with Crippen molar-refractivity contribution in [2.24, 2.45) is 7.05 Å². The Hall–Kier alpha value is -2.51. The van der Waals surface area contributed by atoms with Gasteiger partial charge in [-0.2, -0.15) is 5.10 Å². The first-order valence-corrected chi connectivity index (χ1v) is 7.52. The molecule has 122 valence electrons. The van der Waals surface area contributed by atoms with E-state index in [-0.39, 0.29) is 11.5 Å². The number of hydrogen-bond donors (Lipinski definition) is 1. The van der Waals surface area contributed by atoms with E-state index in [0.717, 1.165) is 22.7 Å². The summed E-state index contributed by atoms with van der Waals surface area (Å²) in [5.41, 5.74) is 0.625. The van der Waals surface area contributed by atoms with Crippen molar-refractivity contribution in [2.75, 3.05) is 5.32 Å². The summed E-state index contributed by atoms with van der Waals surface area (Å²) in [7, 11) is 1.87. The van der Waals surface area contributed by atoms with Crippen LogP contribution in [0.4, 0.5) is 5.82 Å². The van der Waals surface area contributed by atoms with Crippen molar-refractivity contribution < 1.29 is 4.42 Å². The van der Waals surface area contributed by atoms with Crippen LogP contribution in [0.1, 0.15) is 51.3 Å². The van der Waals surface area contributed by atoms with E-state index in [9.17, 15) is 0 Å². The number of hydrogen-bond acceptors (Lipinski definition) is 7. The molecular formula is C15H21N7O. The van der Waals surface area contributed by atoms with Gasteiger partial charge in [0.25, 0.3) is 0 Å². The highest BCUT2D eigenvalue weighted by atomic mass is 16.4. The maximum absolute atomic E-state index is 5.48. The number of anilines is 1. The topological polar surface area (TPSA) is 94.5 Å². The maximum Gasteiger partial charge on any atom is 0.238 e. The lowest BCUT2D eigenvalue weighted by Crippen LogP contribution is -2.18. The Kier molecular flexibility index (Phi) is 3.54. The summed E-state index contributed by atoms with van der Waals surface area (Å²) in [6.07, 6.45) is 1.76. The third-order valence-corrected chi connectivity index (χ3v) is 3.53. The molecule has 3 heterocycles. The summed E-state index contributed by atoms with van der Waals surface area (Å²) in [4.78, 5) is 9.34. The second-order valence-electron chi connectivity index (χ2n) is 6.68. The number of aromatic nitrogens is 6. The molecule has 8 nitrogen and oxygen atoms in total.